The third-order valence-electron chi connectivity index (χ3n) is 3.36. The average molecular weight is 221 g/mol. The SMILES string of the molecule is CC1(C)CCCC1Nc1ccnc(NN)n1. The monoisotopic (exact) mass is 221 g/mol. The lowest BCUT2D eigenvalue weighted by Crippen LogP contribution is -2.31. The van der Waals surface area contributed by atoms with Crippen molar-refractivity contribution >= 4 is 11.8 Å². The Morgan fingerprint density at radius 2 is 2.31 bits per heavy atom. The number of anilines is 2. The van der Waals surface area contributed by atoms with Crippen LogP contribution in [-0.2, 0) is 0 Å². The van der Waals surface area contributed by atoms with Crippen LogP contribution >= 0.6 is 0 Å². The van der Waals surface area contributed by atoms with Crippen LogP contribution in [0.25, 0.3) is 0 Å². The number of nitrogens with zero attached hydrogens (tertiary/aromatic N) is 2. The van der Waals surface area contributed by atoms with Crippen LogP contribution in [0, 0.1) is 5.41 Å². The molecule has 1 aliphatic rings. The van der Waals surface area contributed by atoms with Gasteiger partial charge in [0.25, 0.3) is 0 Å². The maximum atomic E-state index is 5.28. The van der Waals surface area contributed by atoms with Crippen LogP contribution in [0.2, 0.25) is 0 Å². The standard InChI is InChI=1S/C11H19N5/c1-11(2)6-3-4-8(11)14-9-5-7-13-10(15-9)16-12/h5,7-8H,3-4,6,12H2,1-2H3,(H2,13,14,15,16). The van der Waals surface area contributed by atoms with Gasteiger partial charge in [-0.25, -0.2) is 10.8 Å². The molecular formula is C11H19N5. The zero-order valence-electron chi connectivity index (χ0n) is 9.83. The van der Waals surface area contributed by atoms with E-state index in [0.717, 1.165) is 5.82 Å². The fraction of sp³-hybridized carbons (Fsp3) is 0.636. The van der Waals surface area contributed by atoms with E-state index in [4.69, 9.17) is 5.84 Å². The van der Waals surface area contributed by atoms with Gasteiger partial charge in [0.2, 0.25) is 5.95 Å². The van der Waals surface area contributed by atoms with Crippen molar-refractivity contribution in [2.45, 2.75) is 39.2 Å². The topological polar surface area (TPSA) is 75.9 Å². The second kappa shape index (κ2) is 4.25. The summed E-state index contributed by atoms with van der Waals surface area (Å²) in [5.41, 5.74) is 2.79. The summed E-state index contributed by atoms with van der Waals surface area (Å²) in [6.45, 7) is 4.59. The van der Waals surface area contributed by atoms with Gasteiger partial charge in [0.1, 0.15) is 5.82 Å². The summed E-state index contributed by atoms with van der Waals surface area (Å²) in [5, 5.41) is 3.46. The van der Waals surface area contributed by atoms with E-state index in [1.807, 2.05) is 6.07 Å². The predicted octanol–water partition coefficient (Wildman–Crippen LogP) is 1.75. The van der Waals surface area contributed by atoms with Gasteiger partial charge in [-0.15, -0.1) is 0 Å². The molecule has 0 bridgehead atoms. The molecule has 0 spiro atoms. The van der Waals surface area contributed by atoms with Crippen molar-refractivity contribution in [2.75, 3.05) is 10.7 Å². The minimum Gasteiger partial charge on any atom is -0.367 e. The van der Waals surface area contributed by atoms with Crippen molar-refractivity contribution in [3.05, 3.63) is 12.3 Å². The normalized spacial score (nSPS) is 23.1. The maximum absolute atomic E-state index is 5.28. The molecule has 0 saturated heterocycles. The molecule has 4 N–H and O–H groups in total. The van der Waals surface area contributed by atoms with Gasteiger partial charge in [-0.1, -0.05) is 20.3 Å². The van der Waals surface area contributed by atoms with Gasteiger partial charge < -0.3 is 5.32 Å². The smallest absolute Gasteiger partial charge is 0.239 e. The molecule has 1 unspecified atom stereocenters. The zero-order chi connectivity index (χ0) is 11.6. The quantitative estimate of drug-likeness (QED) is 0.535. The number of hydrazine groups is 1. The van der Waals surface area contributed by atoms with Gasteiger partial charge in [-0.2, -0.15) is 4.98 Å². The molecule has 1 saturated carbocycles. The molecule has 5 heteroatoms. The molecule has 16 heavy (non-hydrogen) atoms. The van der Waals surface area contributed by atoms with E-state index in [9.17, 15) is 0 Å². The second-order valence-corrected chi connectivity index (χ2v) is 4.99. The minimum absolute atomic E-state index is 0.335. The van der Waals surface area contributed by atoms with E-state index >= 15 is 0 Å². The predicted molar refractivity (Wildman–Crippen MR) is 64.9 cm³/mol. The number of hydrogen-bond donors (Lipinski definition) is 3. The van der Waals surface area contributed by atoms with Crippen molar-refractivity contribution in [1.29, 1.82) is 0 Å². The lowest BCUT2D eigenvalue weighted by Gasteiger charge is -2.28. The van der Waals surface area contributed by atoms with E-state index < -0.39 is 0 Å². The molecule has 1 aliphatic carbocycles. The first-order valence-electron chi connectivity index (χ1n) is 5.68. The highest BCUT2D eigenvalue weighted by molar-refractivity contribution is 5.40. The summed E-state index contributed by atoms with van der Waals surface area (Å²) >= 11 is 0. The molecule has 5 nitrogen and oxygen atoms in total. The number of nitrogens with one attached hydrogen (secondary N) is 2. The van der Waals surface area contributed by atoms with Gasteiger partial charge in [0.05, 0.1) is 0 Å². The molecule has 0 radical (unpaired) electrons. The van der Waals surface area contributed by atoms with Crippen LogP contribution in [0.15, 0.2) is 12.3 Å². The first kappa shape index (κ1) is 11.1. The van der Waals surface area contributed by atoms with E-state index in [2.05, 4.69) is 34.6 Å². The van der Waals surface area contributed by atoms with Gasteiger partial charge in [-0.05, 0) is 24.3 Å². The van der Waals surface area contributed by atoms with Crippen molar-refractivity contribution < 1.29 is 0 Å². The molecule has 1 atom stereocenters. The van der Waals surface area contributed by atoms with E-state index in [0.29, 0.717) is 17.4 Å². The lowest BCUT2D eigenvalue weighted by atomic mass is 9.87. The summed E-state index contributed by atoms with van der Waals surface area (Å²) in [4.78, 5) is 8.24. The van der Waals surface area contributed by atoms with Crippen LogP contribution in [-0.4, -0.2) is 16.0 Å². The Hall–Kier alpha value is -1.36. The molecule has 1 fully saturated rings. The van der Waals surface area contributed by atoms with Gasteiger partial charge >= 0.3 is 0 Å². The second-order valence-electron chi connectivity index (χ2n) is 4.99. The van der Waals surface area contributed by atoms with Gasteiger partial charge in [0.15, 0.2) is 0 Å². The Morgan fingerprint density at radius 3 is 2.94 bits per heavy atom. The van der Waals surface area contributed by atoms with Crippen molar-refractivity contribution in [1.82, 2.24) is 9.97 Å². The highest BCUT2D eigenvalue weighted by Crippen LogP contribution is 2.38. The first-order valence-corrected chi connectivity index (χ1v) is 5.68. The summed E-state index contributed by atoms with van der Waals surface area (Å²) in [6, 6.07) is 2.35. The fourth-order valence-electron chi connectivity index (χ4n) is 2.28. The molecule has 1 aromatic rings. The summed E-state index contributed by atoms with van der Waals surface area (Å²) in [7, 11) is 0. The molecule has 1 heterocycles. The summed E-state index contributed by atoms with van der Waals surface area (Å²) < 4.78 is 0. The molecule has 0 aromatic carbocycles. The van der Waals surface area contributed by atoms with E-state index in [1.165, 1.54) is 19.3 Å². The van der Waals surface area contributed by atoms with E-state index in [1.54, 1.807) is 6.20 Å². The molecule has 0 amide bonds. The number of hydrogen-bond acceptors (Lipinski definition) is 5. The highest BCUT2D eigenvalue weighted by atomic mass is 15.3. The molecule has 0 aliphatic heterocycles. The first-order chi connectivity index (χ1) is 7.62. The zero-order valence-corrected chi connectivity index (χ0v) is 9.83. The molecule has 88 valence electrons. The van der Waals surface area contributed by atoms with Crippen LogP contribution in [0.3, 0.4) is 0 Å². The van der Waals surface area contributed by atoms with Crippen molar-refractivity contribution in [3.63, 3.8) is 0 Å². The number of aromatic nitrogens is 2. The molecule has 1 aromatic heterocycles. The van der Waals surface area contributed by atoms with Crippen molar-refractivity contribution in [3.8, 4) is 0 Å². The third-order valence-corrected chi connectivity index (χ3v) is 3.36. The van der Waals surface area contributed by atoms with Crippen LogP contribution in [0.1, 0.15) is 33.1 Å². The van der Waals surface area contributed by atoms with Crippen molar-refractivity contribution in [2.24, 2.45) is 11.3 Å². The number of nitrogen functional groups attached to an aromatic ring is 1. The Balaban J connectivity index is 2.08. The average Bonchev–Trinajstić information content (AvgIpc) is 2.59. The minimum atomic E-state index is 0.335. The molecular weight excluding hydrogens is 202 g/mol. The van der Waals surface area contributed by atoms with Gasteiger partial charge in [0, 0.05) is 12.2 Å². The maximum Gasteiger partial charge on any atom is 0.239 e. The Labute approximate surface area is 95.8 Å². The van der Waals surface area contributed by atoms with Crippen LogP contribution in [0.5, 0.6) is 0 Å². The number of nitrogens with two attached hydrogens (primary N) is 1. The summed E-state index contributed by atoms with van der Waals surface area (Å²) in [5.74, 6) is 6.56. The van der Waals surface area contributed by atoms with Crippen LogP contribution < -0.4 is 16.6 Å². The largest absolute Gasteiger partial charge is 0.367 e. The number of rotatable bonds is 3. The highest BCUT2D eigenvalue weighted by Gasteiger charge is 2.34. The fourth-order valence-corrected chi connectivity index (χ4v) is 2.28. The third kappa shape index (κ3) is 2.24. The molecule has 2 rings (SSSR count). The lowest BCUT2D eigenvalue weighted by molar-refractivity contribution is 0.349. The Kier molecular flexibility index (Phi) is 2.96. The Bertz CT molecular complexity index is 363. The van der Waals surface area contributed by atoms with E-state index in [-0.39, 0.29) is 0 Å². The van der Waals surface area contributed by atoms with Gasteiger partial charge in [-0.3, -0.25) is 5.43 Å². The van der Waals surface area contributed by atoms with Crippen LogP contribution in [0.4, 0.5) is 11.8 Å². The Morgan fingerprint density at radius 1 is 1.50 bits per heavy atom. The summed E-state index contributed by atoms with van der Waals surface area (Å²) in [6.07, 6.45) is 5.43.